The van der Waals surface area contributed by atoms with Crippen molar-refractivity contribution in [1.29, 1.82) is 0 Å². The Kier molecular flexibility index (Phi) is 4.99. The summed E-state index contributed by atoms with van der Waals surface area (Å²) in [5.74, 6) is -0.0940. The normalized spacial score (nSPS) is 12.2. The van der Waals surface area contributed by atoms with E-state index >= 15 is 0 Å². The Morgan fingerprint density at radius 3 is 2.70 bits per heavy atom. The van der Waals surface area contributed by atoms with Crippen molar-refractivity contribution in [2.24, 2.45) is 0 Å². The molecule has 1 unspecified atom stereocenters. The van der Waals surface area contributed by atoms with Crippen LogP contribution >= 0.6 is 11.6 Å². The zero-order chi connectivity index (χ0) is 14.5. The van der Waals surface area contributed by atoms with Crippen LogP contribution in [0.4, 0.5) is 4.39 Å². The highest BCUT2D eigenvalue weighted by molar-refractivity contribution is 6.31. The molecule has 0 amide bonds. The summed E-state index contributed by atoms with van der Waals surface area (Å²) >= 11 is 6.11. The molecular weight excluding hydrogens is 277 g/mol. The third-order valence-electron chi connectivity index (χ3n) is 3.23. The lowest BCUT2D eigenvalue weighted by molar-refractivity contribution is 0.385. The topological polar surface area (TPSA) is 21.3 Å². The maximum atomic E-state index is 13.4. The van der Waals surface area contributed by atoms with E-state index in [0.29, 0.717) is 6.54 Å². The summed E-state index contributed by atoms with van der Waals surface area (Å²) in [4.78, 5) is 0. The summed E-state index contributed by atoms with van der Waals surface area (Å²) in [5.41, 5.74) is 2.00. The molecular formula is C16H17ClFNO. The molecule has 0 spiro atoms. The second kappa shape index (κ2) is 6.73. The molecule has 0 bridgehead atoms. The molecule has 0 aliphatic carbocycles. The Hall–Kier alpha value is -1.58. The van der Waals surface area contributed by atoms with Crippen molar-refractivity contribution >= 4 is 11.6 Å². The van der Waals surface area contributed by atoms with Gasteiger partial charge in [0.05, 0.1) is 7.11 Å². The van der Waals surface area contributed by atoms with Crippen molar-refractivity contribution in [3.8, 4) is 5.75 Å². The van der Waals surface area contributed by atoms with E-state index in [1.54, 1.807) is 12.1 Å². The van der Waals surface area contributed by atoms with Crippen molar-refractivity contribution in [3.05, 3.63) is 64.4 Å². The molecule has 2 rings (SSSR count). The largest absolute Gasteiger partial charge is 0.494 e. The Bertz CT molecular complexity index is 588. The summed E-state index contributed by atoms with van der Waals surface area (Å²) in [6.07, 6.45) is 0. The third kappa shape index (κ3) is 3.50. The highest BCUT2D eigenvalue weighted by Gasteiger charge is 2.10. The molecule has 1 atom stereocenters. The first kappa shape index (κ1) is 14.8. The number of rotatable bonds is 5. The van der Waals surface area contributed by atoms with Crippen LogP contribution in [0.15, 0.2) is 42.5 Å². The van der Waals surface area contributed by atoms with Gasteiger partial charge in [-0.05, 0) is 36.2 Å². The first-order valence-corrected chi connectivity index (χ1v) is 6.80. The zero-order valence-corrected chi connectivity index (χ0v) is 12.2. The molecule has 4 heteroatoms. The predicted molar refractivity (Wildman–Crippen MR) is 79.7 cm³/mol. The van der Waals surface area contributed by atoms with E-state index in [1.165, 1.54) is 13.2 Å². The van der Waals surface area contributed by atoms with E-state index in [1.807, 2.05) is 31.2 Å². The van der Waals surface area contributed by atoms with E-state index in [9.17, 15) is 4.39 Å². The van der Waals surface area contributed by atoms with Gasteiger partial charge < -0.3 is 10.1 Å². The van der Waals surface area contributed by atoms with Crippen LogP contribution in [0.1, 0.15) is 24.1 Å². The number of nitrogens with one attached hydrogen (secondary N) is 1. The predicted octanol–water partition coefficient (Wildman–Crippen LogP) is 4.34. The molecule has 0 aromatic heterocycles. The number of halogens is 2. The van der Waals surface area contributed by atoms with Gasteiger partial charge in [-0.1, -0.05) is 35.9 Å². The number of methoxy groups -OCH3 is 1. The van der Waals surface area contributed by atoms with E-state index in [0.717, 1.165) is 16.1 Å². The van der Waals surface area contributed by atoms with Crippen molar-refractivity contribution in [2.45, 2.75) is 19.5 Å². The molecule has 0 saturated carbocycles. The Labute approximate surface area is 123 Å². The van der Waals surface area contributed by atoms with Gasteiger partial charge in [0.1, 0.15) is 0 Å². The maximum Gasteiger partial charge on any atom is 0.165 e. The molecule has 0 aliphatic rings. The van der Waals surface area contributed by atoms with Crippen LogP contribution in [0.25, 0.3) is 0 Å². The van der Waals surface area contributed by atoms with Crippen molar-refractivity contribution in [3.63, 3.8) is 0 Å². The lowest BCUT2D eigenvalue weighted by Crippen LogP contribution is -2.18. The Balaban J connectivity index is 2.05. The third-order valence-corrected chi connectivity index (χ3v) is 3.60. The fourth-order valence-corrected chi connectivity index (χ4v) is 2.17. The van der Waals surface area contributed by atoms with E-state index in [2.05, 4.69) is 5.32 Å². The molecule has 0 radical (unpaired) electrons. The molecule has 2 nitrogen and oxygen atoms in total. The van der Waals surface area contributed by atoms with Crippen molar-refractivity contribution in [1.82, 2.24) is 5.32 Å². The summed E-state index contributed by atoms with van der Waals surface area (Å²) in [6, 6.07) is 12.6. The minimum absolute atomic E-state index is 0.0702. The average molecular weight is 294 g/mol. The average Bonchev–Trinajstić information content (AvgIpc) is 2.46. The van der Waals surface area contributed by atoms with Gasteiger partial charge in [0.2, 0.25) is 0 Å². The monoisotopic (exact) mass is 293 g/mol. The summed E-state index contributed by atoms with van der Waals surface area (Å²) < 4.78 is 18.4. The van der Waals surface area contributed by atoms with Gasteiger partial charge in [-0.3, -0.25) is 0 Å². The molecule has 106 valence electrons. The molecule has 0 aliphatic heterocycles. The van der Waals surface area contributed by atoms with Crippen LogP contribution < -0.4 is 10.1 Å². The molecule has 1 N–H and O–H groups in total. The summed E-state index contributed by atoms with van der Waals surface area (Å²) in [7, 11) is 1.46. The van der Waals surface area contributed by atoms with Crippen LogP contribution in [0.5, 0.6) is 5.75 Å². The van der Waals surface area contributed by atoms with E-state index in [4.69, 9.17) is 16.3 Å². The van der Waals surface area contributed by atoms with Crippen LogP contribution in [0.3, 0.4) is 0 Å². The van der Waals surface area contributed by atoms with Gasteiger partial charge >= 0.3 is 0 Å². The quantitative estimate of drug-likeness (QED) is 0.885. The van der Waals surface area contributed by atoms with Gasteiger partial charge in [-0.15, -0.1) is 0 Å². The molecule has 0 saturated heterocycles. The van der Waals surface area contributed by atoms with Gasteiger partial charge in [-0.25, -0.2) is 4.39 Å². The fraction of sp³-hybridized carbons (Fsp3) is 0.250. The summed E-state index contributed by atoms with van der Waals surface area (Å²) in [5, 5.41) is 4.10. The SMILES string of the molecule is COc1cc(C(C)NCc2ccccc2Cl)ccc1F. The Morgan fingerprint density at radius 2 is 2.00 bits per heavy atom. The molecule has 20 heavy (non-hydrogen) atoms. The first-order valence-electron chi connectivity index (χ1n) is 6.42. The number of ether oxygens (including phenoxy) is 1. The number of hydrogen-bond donors (Lipinski definition) is 1. The smallest absolute Gasteiger partial charge is 0.165 e. The number of hydrogen-bond acceptors (Lipinski definition) is 2. The van der Waals surface area contributed by atoms with Crippen LogP contribution in [-0.2, 0) is 6.54 Å². The first-order chi connectivity index (χ1) is 9.61. The molecule has 2 aromatic rings. The minimum atomic E-state index is -0.352. The van der Waals surface area contributed by atoms with Crippen LogP contribution in [-0.4, -0.2) is 7.11 Å². The number of benzene rings is 2. The van der Waals surface area contributed by atoms with Crippen molar-refractivity contribution < 1.29 is 9.13 Å². The highest BCUT2D eigenvalue weighted by Crippen LogP contribution is 2.23. The molecule has 0 heterocycles. The second-order valence-corrected chi connectivity index (χ2v) is 5.00. The van der Waals surface area contributed by atoms with Gasteiger partial charge in [0.15, 0.2) is 11.6 Å². The zero-order valence-electron chi connectivity index (χ0n) is 11.5. The highest BCUT2D eigenvalue weighted by atomic mass is 35.5. The summed E-state index contributed by atoms with van der Waals surface area (Å²) in [6.45, 7) is 2.67. The molecule has 2 aromatic carbocycles. The second-order valence-electron chi connectivity index (χ2n) is 4.59. The standard InChI is InChI=1S/C16H17ClFNO/c1-11(12-7-8-15(18)16(9-12)20-2)19-10-13-5-3-4-6-14(13)17/h3-9,11,19H,10H2,1-2H3. The Morgan fingerprint density at radius 1 is 1.25 bits per heavy atom. The fourth-order valence-electron chi connectivity index (χ4n) is 1.97. The minimum Gasteiger partial charge on any atom is -0.494 e. The van der Waals surface area contributed by atoms with E-state index < -0.39 is 0 Å². The van der Waals surface area contributed by atoms with Crippen LogP contribution in [0, 0.1) is 5.82 Å². The van der Waals surface area contributed by atoms with Gasteiger partial charge in [0, 0.05) is 17.6 Å². The van der Waals surface area contributed by atoms with Gasteiger partial charge in [-0.2, -0.15) is 0 Å². The van der Waals surface area contributed by atoms with E-state index in [-0.39, 0.29) is 17.6 Å². The molecule has 0 fully saturated rings. The van der Waals surface area contributed by atoms with Crippen molar-refractivity contribution in [2.75, 3.05) is 7.11 Å². The van der Waals surface area contributed by atoms with Gasteiger partial charge in [0.25, 0.3) is 0 Å². The lowest BCUT2D eigenvalue weighted by atomic mass is 10.1. The maximum absolute atomic E-state index is 13.4. The van der Waals surface area contributed by atoms with Crippen LogP contribution in [0.2, 0.25) is 5.02 Å². The lowest BCUT2D eigenvalue weighted by Gasteiger charge is -2.16.